The minimum absolute atomic E-state index is 0.246. The number of carbonyl (C=O) groups is 1. The zero-order chi connectivity index (χ0) is 9.84. The Labute approximate surface area is 80.3 Å². The van der Waals surface area contributed by atoms with Crippen LogP contribution in [0.2, 0.25) is 5.02 Å². The number of nitrogens with one attached hydrogen (secondary N) is 1. The number of benzene rings is 1. The third-order valence-corrected chi connectivity index (χ3v) is 1.76. The van der Waals surface area contributed by atoms with Gasteiger partial charge in [0.1, 0.15) is 0 Å². The molecule has 0 fully saturated rings. The molecule has 0 aliphatic carbocycles. The molecule has 0 atom stereocenters. The number of hydrogen-bond acceptors (Lipinski definition) is 2. The zero-order valence-corrected chi connectivity index (χ0v) is 7.51. The summed E-state index contributed by atoms with van der Waals surface area (Å²) in [7, 11) is 0. The summed E-state index contributed by atoms with van der Waals surface area (Å²) in [4.78, 5) is 10.3. The van der Waals surface area contributed by atoms with Crippen LogP contribution in [0, 0.1) is 0 Å². The first-order valence-corrected chi connectivity index (χ1v) is 3.99. The minimum atomic E-state index is -1.11. The van der Waals surface area contributed by atoms with E-state index in [0.717, 1.165) is 0 Å². The van der Waals surface area contributed by atoms with Crippen LogP contribution in [0.1, 0.15) is 5.56 Å². The van der Waals surface area contributed by atoms with Gasteiger partial charge in [-0.3, -0.25) is 5.32 Å². The van der Waals surface area contributed by atoms with Crippen LogP contribution in [0.5, 0.6) is 0 Å². The summed E-state index contributed by atoms with van der Waals surface area (Å²) in [6, 6.07) is 4.82. The molecule has 0 aliphatic rings. The molecule has 0 saturated heterocycles. The van der Waals surface area contributed by atoms with Crippen molar-refractivity contribution in [3.05, 3.63) is 28.8 Å². The highest BCUT2D eigenvalue weighted by Gasteiger charge is 2.04. The van der Waals surface area contributed by atoms with Gasteiger partial charge in [0.05, 0.1) is 0 Å². The topological polar surface area (TPSA) is 75.3 Å². The van der Waals surface area contributed by atoms with Crippen LogP contribution in [0.25, 0.3) is 0 Å². The lowest BCUT2D eigenvalue weighted by atomic mass is 10.2. The number of anilines is 1. The molecule has 4 nitrogen and oxygen atoms in total. The van der Waals surface area contributed by atoms with Crippen molar-refractivity contribution in [1.82, 2.24) is 0 Å². The monoisotopic (exact) mass is 200 g/mol. The molecule has 0 radical (unpaired) electrons. The van der Waals surface area contributed by atoms with Crippen LogP contribution >= 0.6 is 11.6 Å². The molecule has 0 aliphatic heterocycles. The average Bonchev–Trinajstić information content (AvgIpc) is 2.07. The number of rotatable bonds is 2. The third-order valence-electron chi connectivity index (χ3n) is 1.53. The molecule has 1 rings (SSSR count). The Kier molecular flexibility index (Phi) is 3.11. The second-order valence-corrected chi connectivity index (χ2v) is 2.87. The molecule has 0 aromatic heterocycles. The molecule has 1 aromatic rings. The third kappa shape index (κ3) is 2.61. The van der Waals surface area contributed by atoms with Crippen LogP contribution in [-0.4, -0.2) is 11.2 Å². The van der Waals surface area contributed by atoms with Crippen LogP contribution in [0.3, 0.4) is 0 Å². The molecular weight excluding hydrogens is 192 g/mol. The van der Waals surface area contributed by atoms with E-state index >= 15 is 0 Å². The van der Waals surface area contributed by atoms with Crippen LogP contribution in [-0.2, 0) is 6.54 Å². The summed E-state index contributed by atoms with van der Waals surface area (Å²) in [5, 5.41) is 11.2. The Balaban J connectivity index is 2.99. The number of hydrogen-bond donors (Lipinski definition) is 3. The van der Waals surface area contributed by atoms with E-state index in [2.05, 4.69) is 5.32 Å². The molecule has 0 saturated carbocycles. The van der Waals surface area contributed by atoms with Crippen molar-refractivity contribution in [3.8, 4) is 0 Å². The van der Waals surface area contributed by atoms with Gasteiger partial charge in [-0.05, 0) is 23.8 Å². The van der Waals surface area contributed by atoms with Crippen molar-refractivity contribution >= 4 is 23.4 Å². The van der Waals surface area contributed by atoms with E-state index in [9.17, 15) is 4.79 Å². The maximum Gasteiger partial charge on any atom is 0.409 e. The van der Waals surface area contributed by atoms with Crippen LogP contribution in [0.15, 0.2) is 18.2 Å². The lowest BCUT2D eigenvalue weighted by Gasteiger charge is -2.06. The molecule has 0 spiro atoms. The Morgan fingerprint density at radius 3 is 2.85 bits per heavy atom. The molecule has 1 aromatic carbocycles. The normalized spacial score (nSPS) is 9.69. The van der Waals surface area contributed by atoms with Gasteiger partial charge in [0.2, 0.25) is 0 Å². The first-order chi connectivity index (χ1) is 6.13. The quantitative estimate of drug-likeness (QED) is 0.683. The van der Waals surface area contributed by atoms with Gasteiger partial charge in [0, 0.05) is 17.3 Å². The summed E-state index contributed by atoms with van der Waals surface area (Å²) >= 11 is 5.70. The van der Waals surface area contributed by atoms with Gasteiger partial charge in [-0.25, -0.2) is 4.79 Å². The van der Waals surface area contributed by atoms with Crippen LogP contribution < -0.4 is 11.1 Å². The fourth-order valence-electron chi connectivity index (χ4n) is 0.968. The van der Waals surface area contributed by atoms with Crippen molar-refractivity contribution in [3.63, 3.8) is 0 Å². The predicted octanol–water partition coefficient (Wildman–Crippen LogP) is 1.89. The molecule has 13 heavy (non-hydrogen) atoms. The van der Waals surface area contributed by atoms with E-state index in [4.69, 9.17) is 22.4 Å². The summed E-state index contributed by atoms with van der Waals surface area (Å²) in [5.74, 6) is 0. The number of amides is 1. The highest BCUT2D eigenvalue weighted by molar-refractivity contribution is 6.30. The summed E-state index contributed by atoms with van der Waals surface area (Å²) in [6.07, 6.45) is -1.11. The van der Waals surface area contributed by atoms with Gasteiger partial charge in [0.15, 0.2) is 0 Å². The molecule has 0 bridgehead atoms. The SMILES string of the molecule is NCc1cc(Cl)ccc1NC(=O)O. The Bertz CT molecular complexity index is 328. The standard InChI is InChI=1S/C8H9ClN2O2/c9-6-1-2-7(11-8(12)13)5(3-6)4-10/h1-3,11H,4,10H2,(H,12,13). The largest absolute Gasteiger partial charge is 0.465 e. The van der Waals surface area contributed by atoms with Crippen molar-refractivity contribution in [2.24, 2.45) is 5.73 Å². The maximum absolute atomic E-state index is 10.3. The van der Waals surface area contributed by atoms with Crippen molar-refractivity contribution in [2.45, 2.75) is 6.54 Å². The van der Waals surface area contributed by atoms with Gasteiger partial charge in [-0.2, -0.15) is 0 Å². The lowest BCUT2D eigenvalue weighted by molar-refractivity contribution is 0.209. The fourth-order valence-corrected chi connectivity index (χ4v) is 1.16. The number of nitrogens with two attached hydrogens (primary N) is 1. The number of carboxylic acid groups (broad SMARTS) is 1. The van der Waals surface area contributed by atoms with Crippen molar-refractivity contribution in [2.75, 3.05) is 5.32 Å². The second-order valence-electron chi connectivity index (χ2n) is 2.44. The Hall–Kier alpha value is -1.26. The molecular formula is C8H9ClN2O2. The smallest absolute Gasteiger partial charge is 0.409 e. The predicted molar refractivity (Wildman–Crippen MR) is 51.0 cm³/mol. The number of halogens is 1. The van der Waals surface area contributed by atoms with Gasteiger partial charge >= 0.3 is 6.09 Å². The van der Waals surface area contributed by atoms with E-state index in [1.165, 1.54) is 0 Å². The molecule has 5 heteroatoms. The average molecular weight is 201 g/mol. The first kappa shape index (κ1) is 9.83. The molecule has 0 heterocycles. The van der Waals surface area contributed by atoms with E-state index in [-0.39, 0.29) is 6.54 Å². The second kappa shape index (κ2) is 4.11. The van der Waals surface area contributed by atoms with E-state index < -0.39 is 6.09 Å². The summed E-state index contributed by atoms with van der Waals surface area (Å²) in [6.45, 7) is 0.246. The molecule has 0 unspecified atom stereocenters. The van der Waals surface area contributed by atoms with Crippen LogP contribution in [0.4, 0.5) is 10.5 Å². The zero-order valence-electron chi connectivity index (χ0n) is 6.75. The van der Waals surface area contributed by atoms with Crippen molar-refractivity contribution in [1.29, 1.82) is 0 Å². The van der Waals surface area contributed by atoms with E-state index in [1.807, 2.05) is 0 Å². The summed E-state index contributed by atoms with van der Waals surface area (Å²) in [5.41, 5.74) is 6.55. The van der Waals surface area contributed by atoms with E-state index in [1.54, 1.807) is 18.2 Å². The van der Waals surface area contributed by atoms with Gasteiger partial charge < -0.3 is 10.8 Å². The Morgan fingerprint density at radius 1 is 1.62 bits per heavy atom. The van der Waals surface area contributed by atoms with Gasteiger partial charge in [-0.15, -0.1) is 0 Å². The Morgan fingerprint density at radius 2 is 2.31 bits per heavy atom. The minimum Gasteiger partial charge on any atom is -0.465 e. The van der Waals surface area contributed by atoms with E-state index in [0.29, 0.717) is 16.3 Å². The lowest BCUT2D eigenvalue weighted by Crippen LogP contribution is -2.10. The molecule has 4 N–H and O–H groups in total. The molecule has 70 valence electrons. The van der Waals surface area contributed by atoms with Gasteiger partial charge in [0.25, 0.3) is 0 Å². The highest BCUT2D eigenvalue weighted by Crippen LogP contribution is 2.19. The first-order valence-electron chi connectivity index (χ1n) is 3.62. The van der Waals surface area contributed by atoms with Crippen molar-refractivity contribution < 1.29 is 9.90 Å². The maximum atomic E-state index is 10.3. The highest BCUT2D eigenvalue weighted by atomic mass is 35.5. The molecule has 1 amide bonds. The summed E-state index contributed by atoms with van der Waals surface area (Å²) < 4.78 is 0. The fraction of sp³-hybridized carbons (Fsp3) is 0.125. The van der Waals surface area contributed by atoms with Gasteiger partial charge in [-0.1, -0.05) is 11.6 Å².